The van der Waals surface area contributed by atoms with Gasteiger partial charge in [0.25, 0.3) is 0 Å². The van der Waals surface area contributed by atoms with Crippen LogP contribution in [0.4, 0.5) is 11.6 Å². The van der Waals surface area contributed by atoms with Crippen LogP contribution in [0.15, 0.2) is 30.3 Å². The van der Waals surface area contributed by atoms with E-state index >= 15 is 0 Å². The van der Waals surface area contributed by atoms with Crippen molar-refractivity contribution < 1.29 is 19.4 Å². The first-order chi connectivity index (χ1) is 12.0. The van der Waals surface area contributed by atoms with E-state index in [0.29, 0.717) is 29.4 Å². The van der Waals surface area contributed by atoms with Gasteiger partial charge in [-0.1, -0.05) is 6.07 Å². The number of pyridine rings is 1. The summed E-state index contributed by atoms with van der Waals surface area (Å²) in [5, 5.41) is 16.5. The maximum absolute atomic E-state index is 11.6. The molecule has 9 heteroatoms. The Balaban J connectivity index is 1.91. The van der Waals surface area contributed by atoms with Gasteiger partial charge in [-0.3, -0.25) is 0 Å². The van der Waals surface area contributed by atoms with Crippen molar-refractivity contribution >= 4 is 23.3 Å². The van der Waals surface area contributed by atoms with E-state index in [2.05, 4.69) is 15.4 Å². The lowest BCUT2D eigenvalue weighted by Crippen LogP contribution is -2.12. The van der Waals surface area contributed by atoms with E-state index in [1.807, 2.05) is 12.1 Å². The molecule has 3 aromatic rings. The smallest absolute Gasteiger partial charge is 0.356 e. The second-order valence-electron chi connectivity index (χ2n) is 5.18. The number of methoxy groups -OCH3 is 2. The van der Waals surface area contributed by atoms with Crippen molar-refractivity contribution in [1.82, 2.24) is 14.6 Å². The molecule has 0 aliphatic rings. The van der Waals surface area contributed by atoms with E-state index in [1.54, 1.807) is 32.4 Å². The Bertz CT molecular complexity index is 938. The zero-order valence-electron chi connectivity index (χ0n) is 13.7. The standard InChI is InChI=1S/C16H17N5O4/c1-24-11-5-3-9(7-12(11)25-2)8-18-10-4-6-13-19-16(17)20-21(13)14(10)15(22)23/h3-7,18H,8H2,1-2H3,(H2,17,20)(H,22,23). The number of hydrogen-bond donors (Lipinski definition) is 3. The highest BCUT2D eigenvalue weighted by atomic mass is 16.5. The third-order valence-corrected chi connectivity index (χ3v) is 3.65. The van der Waals surface area contributed by atoms with Gasteiger partial charge in [0.05, 0.1) is 19.9 Å². The maximum Gasteiger partial charge on any atom is 0.356 e. The van der Waals surface area contributed by atoms with Crippen LogP contribution in [0.1, 0.15) is 16.1 Å². The third kappa shape index (κ3) is 3.11. The molecule has 0 saturated carbocycles. The molecule has 4 N–H and O–H groups in total. The summed E-state index contributed by atoms with van der Waals surface area (Å²) in [6, 6.07) is 8.74. The molecule has 0 saturated heterocycles. The van der Waals surface area contributed by atoms with Crippen molar-refractivity contribution in [2.45, 2.75) is 6.54 Å². The van der Waals surface area contributed by atoms with E-state index in [0.717, 1.165) is 5.56 Å². The highest BCUT2D eigenvalue weighted by Gasteiger charge is 2.17. The molecule has 0 spiro atoms. The first-order valence-electron chi connectivity index (χ1n) is 7.37. The van der Waals surface area contributed by atoms with E-state index < -0.39 is 5.97 Å². The van der Waals surface area contributed by atoms with Crippen LogP contribution in [-0.4, -0.2) is 39.9 Å². The lowest BCUT2D eigenvalue weighted by Gasteiger charge is -2.12. The van der Waals surface area contributed by atoms with Crippen LogP contribution in [0, 0.1) is 0 Å². The van der Waals surface area contributed by atoms with Crippen molar-refractivity contribution in [2.75, 3.05) is 25.3 Å². The van der Waals surface area contributed by atoms with Gasteiger partial charge in [0.2, 0.25) is 5.95 Å². The second-order valence-corrected chi connectivity index (χ2v) is 5.18. The van der Waals surface area contributed by atoms with E-state index in [1.165, 1.54) is 4.52 Å². The number of benzene rings is 1. The first kappa shape index (κ1) is 16.4. The molecule has 0 radical (unpaired) electrons. The van der Waals surface area contributed by atoms with Gasteiger partial charge in [-0.25, -0.2) is 9.31 Å². The monoisotopic (exact) mass is 343 g/mol. The van der Waals surface area contributed by atoms with Crippen LogP contribution < -0.4 is 20.5 Å². The minimum absolute atomic E-state index is 0.0135. The highest BCUT2D eigenvalue weighted by Crippen LogP contribution is 2.28. The Hall–Kier alpha value is -3.49. The number of nitrogens with zero attached hydrogens (tertiary/aromatic N) is 3. The predicted octanol–water partition coefficient (Wildman–Crippen LogP) is 1.64. The quantitative estimate of drug-likeness (QED) is 0.617. The second kappa shape index (κ2) is 6.56. The van der Waals surface area contributed by atoms with Crippen LogP contribution in [0.3, 0.4) is 0 Å². The van der Waals surface area contributed by atoms with Crippen molar-refractivity contribution in [1.29, 1.82) is 0 Å². The highest BCUT2D eigenvalue weighted by molar-refractivity contribution is 5.93. The van der Waals surface area contributed by atoms with Crippen molar-refractivity contribution in [3.05, 3.63) is 41.6 Å². The Labute approximate surface area is 143 Å². The van der Waals surface area contributed by atoms with E-state index in [-0.39, 0.29) is 11.6 Å². The molecule has 0 fully saturated rings. The minimum Gasteiger partial charge on any atom is -0.493 e. The zero-order valence-corrected chi connectivity index (χ0v) is 13.7. The lowest BCUT2D eigenvalue weighted by molar-refractivity contribution is 0.0688. The molecule has 0 amide bonds. The molecule has 0 unspecified atom stereocenters. The Morgan fingerprint density at radius 1 is 1.24 bits per heavy atom. The van der Waals surface area contributed by atoms with Gasteiger partial charge >= 0.3 is 5.97 Å². The average molecular weight is 343 g/mol. The van der Waals surface area contributed by atoms with Crippen LogP contribution in [0.25, 0.3) is 5.65 Å². The number of nitrogens with two attached hydrogens (primary N) is 1. The summed E-state index contributed by atoms with van der Waals surface area (Å²) in [7, 11) is 3.12. The summed E-state index contributed by atoms with van der Waals surface area (Å²) < 4.78 is 11.7. The number of ether oxygens (including phenoxy) is 2. The lowest BCUT2D eigenvalue weighted by atomic mass is 10.2. The summed E-state index contributed by atoms with van der Waals surface area (Å²) in [6.45, 7) is 0.385. The summed E-state index contributed by atoms with van der Waals surface area (Å²) in [4.78, 5) is 15.6. The molecule has 0 aliphatic heterocycles. The molecule has 1 aromatic carbocycles. The molecular formula is C16H17N5O4. The van der Waals surface area contributed by atoms with Gasteiger partial charge in [0.15, 0.2) is 22.8 Å². The SMILES string of the molecule is COc1ccc(CNc2ccc3nc(N)nn3c2C(=O)O)cc1OC. The molecule has 130 valence electrons. The fraction of sp³-hybridized carbons (Fsp3) is 0.188. The average Bonchev–Trinajstić information content (AvgIpc) is 2.98. The molecular weight excluding hydrogens is 326 g/mol. The number of anilines is 2. The number of carboxylic acids is 1. The normalized spacial score (nSPS) is 10.6. The Kier molecular flexibility index (Phi) is 4.29. The number of aromatic nitrogens is 3. The maximum atomic E-state index is 11.6. The number of fused-ring (bicyclic) bond motifs is 1. The third-order valence-electron chi connectivity index (χ3n) is 3.65. The van der Waals surface area contributed by atoms with Crippen molar-refractivity contribution in [3.63, 3.8) is 0 Å². The number of carbonyl (C=O) groups is 1. The Morgan fingerprint density at radius 3 is 2.68 bits per heavy atom. The van der Waals surface area contributed by atoms with Gasteiger partial charge in [0.1, 0.15) is 0 Å². The first-order valence-corrected chi connectivity index (χ1v) is 7.37. The van der Waals surface area contributed by atoms with E-state index in [4.69, 9.17) is 15.2 Å². The van der Waals surface area contributed by atoms with Crippen LogP contribution in [-0.2, 0) is 6.54 Å². The number of hydrogen-bond acceptors (Lipinski definition) is 7. The number of carboxylic acid groups (broad SMARTS) is 1. The molecule has 2 aromatic heterocycles. The van der Waals surface area contributed by atoms with Gasteiger partial charge in [0, 0.05) is 6.54 Å². The molecule has 9 nitrogen and oxygen atoms in total. The van der Waals surface area contributed by atoms with E-state index in [9.17, 15) is 9.90 Å². The van der Waals surface area contributed by atoms with Crippen LogP contribution in [0.2, 0.25) is 0 Å². The summed E-state index contributed by atoms with van der Waals surface area (Å²) in [5.41, 5.74) is 7.18. The molecule has 3 rings (SSSR count). The van der Waals surface area contributed by atoms with Crippen LogP contribution >= 0.6 is 0 Å². The largest absolute Gasteiger partial charge is 0.493 e. The molecule has 25 heavy (non-hydrogen) atoms. The molecule has 0 atom stereocenters. The van der Waals surface area contributed by atoms with Gasteiger partial charge in [-0.15, -0.1) is 5.10 Å². The number of rotatable bonds is 6. The zero-order chi connectivity index (χ0) is 18.0. The summed E-state index contributed by atoms with van der Waals surface area (Å²) in [5.74, 6) is 0.0987. The van der Waals surface area contributed by atoms with Crippen molar-refractivity contribution in [3.8, 4) is 11.5 Å². The number of nitrogen functional groups attached to an aromatic ring is 1. The van der Waals surface area contributed by atoms with Gasteiger partial charge in [-0.2, -0.15) is 4.98 Å². The fourth-order valence-corrected chi connectivity index (χ4v) is 2.50. The van der Waals surface area contributed by atoms with Crippen LogP contribution in [0.5, 0.6) is 11.5 Å². The summed E-state index contributed by atoms with van der Waals surface area (Å²) in [6.07, 6.45) is 0. The molecule has 0 bridgehead atoms. The topological polar surface area (TPSA) is 124 Å². The van der Waals surface area contributed by atoms with Gasteiger partial charge < -0.3 is 25.6 Å². The van der Waals surface area contributed by atoms with Crippen molar-refractivity contribution in [2.24, 2.45) is 0 Å². The number of nitrogens with one attached hydrogen (secondary N) is 1. The number of aromatic carboxylic acids is 1. The molecule has 2 heterocycles. The Morgan fingerprint density at radius 2 is 2.00 bits per heavy atom. The predicted molar refractivity (Wildman–Crippen MR) is 91.2 cm³/mol. The molecule has 0 aliphatic carbocycles. The summed E-state index contributed by atoms with van der Waals surface area (Å²) >= 11 is 0. The van der Waals surface area contributed by atoms with Gasteiger partial charge in [-0.05, 0) is 29.8 Å². The minimum atomic E-state index is -1.13. The fourth-order valence-electron chi connectivity index (χ4n) is 2.50.